The van der Waals surface area contributed by atoms with Gasteiger partial charge in [0.2, 0.25) is 0 Å². The van der Waals surface area contributed by atoms with Crippen LogP contribution in [0.4, 0.5) is 4.39 Å². The van der Waals surface area contributed by atoms with Crippen LogP contribution >= 0.6 is 0 Å². The van der Waals surface area contributed by atoms with Gasteiger partial charge < -0.3 is 10.1 Å². The topological polar surface area (TPSA) is 55.4 Å². The van der Waals surface area contributed by atoms with E-state index in [9.17, 15) is 14.0 Å². The molecule has 0 spiro atoms. The minimum Gasteiger partial charge on any atom is -0.483 e. The molecule has 19 heavy (non-hydrogen) atoms. The number of ether oxygens (including phenoxy) is 1. The van der Waals surface area contributed by atoms with Gasteiger partial charge in [0.15, 0.2) is 12.4 Å². The molecule has 0 saturated carbocycles. The first-order chi connectivity index (χ1) is 8.93. The Balaban J connectivity index is 2.67. The highest BCUT2D eigenvalue weighted by Crippen LogP contribution is 2.20. The van der Waals surface area contributed by atoms with Crippen molar-refractivity contribution in [2.45, 2.75) is 33.2 Å². The van der Waals surface area contributed by atoms with Crippen molar-refractivity contribution >= 4 is 11.7 Å². The normalized spacial score (nSPS) is 11.8. The predicted octanol–water partition coefficient (Wildman–Crippen LogP) is 2.32. The first-order valence-corrected chi connectivity index (χ1v) is 6.16. The number of amides is 1. The fourth-order valence-corrected chi connectivity index (χ4v) is 1.47. The summed E-state index contributed by atoms with van der Waals surface area (Å²) in [6.45, 7) is 4.97. The highest BCUT2D eigenvalue weighted by Gasteiger charge is 2.12. The van der Waals surface area contributed by atoms with Gasteiger partial charge in [-0.15, -0.1) is 0 Å². The van der Waals surface area contributed by atoms with E-state index in [0.29, 0.717) is 0 Å². The summed E-state index contributed by atoms with van der Waals surface area (Å²) in [6.07, 6.45) is 0.820. The molecule has 1 N–H and O–H groups in total. The molecule has 0 aliphatic carbocycles. The second-order valence-corrected chi connectivity index (χ2v) is 4.36. The van der Waals surface area contributed by atoms with Gasteiger partial charge in [-0.25, -0.2) is 4.39 Å². The number of ketones is 1. The molecule has 1 rings (SSSR count). The molecule has 1 aromatic carbocycles. The third kappa shape index (κ3) is 4.69. The molecule has 0 unspecified atom stereocenters. The van der Waals surface area contributed by atoms with Gasteiger partial charge in [-0.2, -0.15) is 0 Å². The van der Waals surface area contributed by atoms with Crippen molar-refractivity contribution in [3.8, 4) is 5.75 Å². The first kappa shape index (κ1) is 15.1. The van der Waals surface area contributed by atoms with Crippen LogP contribution in [0.25, 0.3) is 0 Å². The van der Waals surface area contributed by atoms with Gasteiger partial charge in [-0.05, 0) is 38.5 Å². The fraction of sp³-hybridized carbons (Fsp3) is 0.429. The van der Waals surface area contributed by atoms with E-state index < -0.39 is 5.82 Å². The fourth-order valence-electron chi connectivity index (χ4n) is 1.47. The molecular formula is C14H18FNO3. The number of carbonyl (C=O) groups excluding carboxylic acids is 2. The maximum absolute atomic E-state index is 13.0. The number of benzene rings is 1. The van der Waals surface area contributed by atoms with E-state index in [0.717, 1.165) is 12.5 Å². The lowest BCUT2D eigenvalue weighted by Crippen LogP contribution is -2.35. The van der Waals surface area contributed by atoms with Crippen LogP contribution in [-0.2, 0) is 4.79 Å². The van der Waals surface area contributed by atoms with Crippen LogP contribution < -0.4 is 10.1 Å². The van der Waals surface area contributed by atoms with Crippen LogP contribution in [0, 0.1) is 5.82 Å². The molecule has 1 aromatic rings. The van der Waals surface area contributed by atoms with E-state index in [1.54, 1.807) is 0 Å². The Bertz CT molecular complexity index is 474. The minimum atomic E-state index is -0.512. The molecule has 1 atom stereocenters. The van der Waals surface area contributed by atoms with Gasteiger partial charge in [0.05, 0.1) is 5.56 Å². The van der Waals surface area contributed by atoms with Gasteiger partial charge in [0.1, 0.15) is 11.6 Å². The number of Topliss-reactive ketones (excluding diaryl/α,β-unsaturated/α-hetero) is 1. The number of hydrogen-bond donors (Lipinski definition) is 1. The van der Waals surface area contributed by atoms with Gasteiger partial charge >= 0.3 is 0 Å². The number of rotatable bonds is 6. The second kappa shape index (κ2) is 6.87. The molecule has 0 radical (unpaired) electrons. The lowest BCUT2D eigenvalue weighted by atomic mass is 10.1. The molecule has 0 fully saturated rings. The molecule has 0 bridgehead atoms. The molecule has 0 saturated heterocycles. The Hall–Kier alpha value is -1.91. The summed E-state index contributed by atoms with van der Waals surface area (Å²) in [5.41, 5.74) is 0.135. The predicted molar refractivity (Wildman–Crippen MR) is 69.8 cm³/mol. The van der Waals surface area contributed by atoms with Gasteiger partial charge in [0, 0.05) is 6.04 Å². The summed E-state index contributed by atoms with van der Waals surface area (Å²) in [5.74, 6) is -0.875. The Morgan fingerprint density at radius 3 is 2.68 bits per heavy atom. The van der Waals surface area contributed by atoms with Gasteiger partial charge in [-0.3, -0.25) is 9.59 Å². The Kier molecular flexibility index (Phi) is 5.48. The smallest absolute Gasteiger partial charge is 0.258 e. The van der Waals surface area contributed by atoms with E-state index in [1.807, 2.05) is 13.8 Å². The summed E-state index contributed by atoms with van der Waals surface area (Å²) in [7, 11) is 0. The molecule has 0 aromatic heterocycles. The van der Waals surface area contributed by atoms with Crippen LogP contribution in [-0.4, -0.2) is 24.3 Å². The summed E-state index contributed by atoms with van der Waals surface area (Å²) in [5, 5.41) is 2.74. The van der Waals surface area contributed by atoms with Gasteiger partial charge in [0.25, 0.3) is 5.91 Å². The highest BCUT2D eigenvalue weighted by molar-refractivity contribution is 5.96. The van der Waals surface area contributed by atoms with Crippen LogP contribution in [0.2, 0.25) is 0 Å². The van der Waals surface area contributed by atoms with Crippen LogP contribution in [0.1, 0.15) is 37.6 Å². The summed E-state index contributed by atoms with van der Waals surface area (Å²) >= 11 is 0. The zero-order valence-corrected chi connectivity index (χ0v) is 11.3. The van der Waals surface area contributed by atoms with Crippen LogP contribution in [0.5, 0.6) is 5.75 Å². The van der Waals surface area contributed by atoms with Crippen molar-refractivity contribution in [1.29, 1.82) is 0 Å². The standard InChI is InChI=1S/C14H18FNO3/c1-4-9(2)16-14(18)8-19-13-6-5-11(15)7-12(13)10(3)17/h5-7,9H,4,8H2,1-3H3,(H,16,18)/t9-/m0/s1. The summed E-state index contributed by atoms with van der Waals surface area (Å²) in [4.78, 5) is 22.9. The third-order valence-corrected chi connectivity index (χ3v) is 2.70. The van der Waals surface area contributed by atoms with Crippen molar-refractivity contribution in [3.05, 3.63) is 29.6 Å². The maximum Gasteiger partial charge on any atom is 0.258 e. The van der Waals surface area contributed by atoms with Crippen LogP contribution in [0.15, 0.2) is 18.2 Å². The van der Waals surface area contributed by atoms with Gasteiger partial charge in [-0.1, -0.05) is 6.92 Å². The lowest BCUT2D eigenvalue weighted by Gasteiger charge is -2.13. The lowest BCUT2D eigenvalue weighted by molar-refractivity contribution is -0.123. The SMILES string of the molecule is CC[C@H](C)NC(=O)COc1ccc(F)cc1C(C)=O. The highest BCUT2D eigenvalue weighted by atomic mass is 19.1. The molecule has 4 nitrogen and oxygen atoms in total. The van der Waals surface area contributed by atoms with E-state index in [2.05, 4.69) is 5.32 Å². The molecule has 0 aliphatic heterocycles. The largest absolute Gasteiger partial charge is 0.483 e. The monoisotopic (exact) mass is 267 g/mol. The van der Waals surface area contributed by atoms with Crippen molar-refractivity contribution in [2.75, 3.05) is 6.61 Å². The minimum absolute atomic E-state index is 0.0663. The second-order valence-electron chi connectivity index (χ2n) is 4.36. The summed E-state index contributed by atoms with van der Waals surface area (Å²) < 4.78 is 18.3. The number of nitrogens with one attached hydrogen (secondary N) is 1. The summed E-state index contributed by atoms with van der Waals surface area (Å²) in [6, 6.07) is 3.71. The average molecular weight is 267 g/mol. The van der Waals surface area contributed by atoms with E-state index in [-0.39, 0.29) is 35.7 Å². The van der Waals surface area contributed by atoms with E-state index >= 15 is 0 Å². The Morgan fingerprint density at radius 2 is 2.11 bits per heavy atom. The molecule has 0 heterocycles. The van der Waals surface area contributed by atoms with Crippen molar-refractivity contribution < 1.29 is 18.7 Å². The molecule has 1 amide bonds. The quantitative estimate of drug-likeness (QED) is 0.805. The molecule has 5 heteroatoms. The number of hydrogen-bond acceptors (Lipinski definition) is 3. The average Bonchev–Trinajstić information content (AvgIpc) is 2.36. The van der Waals surface area contributed by atoms with Crippen LogP contribution in [0.3, 0.4) is 0 Å². The third-order valence-electron chi connectivity index (χ3n) is 2.70. The first-order valence-electron chi connectivity index (χ1n) is 6.16. The zero-order valence-electron chi connectivity index (χ0n) is 11.3. The molecular weight excluding hydrogens is 249 g/mol. The molecule has 0 aliphatic rings. The van der Waals surface area contributed by atoms with Crippen molar-refractivity contribution in [2.24, 2.45) is 0 Å². The Morgan fingerprint density at radius 1 is 1.42 bits per heavy atom. The number of carbonyl (C=O) groups is 2. The number of halogens is 1. The van der Waals surface area contributed by atoms with Crippen molar-refractivity contribution in [1.82, 2.24) is 5.32 Å². The zero-order chi connectivity index (χ0) is 14.4. The maximum atomic E-state index is 13.0. The molecule has 104 valence electrons. The van der Waals surface area contributed by atoms with E-state index in [4.69, 9.17) is 4.74 Å². The van der Waals surface area contributed by atoms with Crippen molar-refractivity contribution in [3.63, 3.8) is 0 Å². The Labute approximate surface area is 112 Å². The van der Waals surface area contributed by atoms with E-state index in [1.165, 1.54) is 19.1 Å².